The number of benzene rings is 1. The fraction of sp³-hybridized carbons (Fsp3) is 0.421. The monoisotopic (exact) mass is 440 g/mol. The van der Waals surface area contributed by atoms with Crippen LogP contribution in [0.15, 0.2) is 12.3 Å². The molecule has 2 aliphatic rings. The first-order valence-electron chi connectivity index (χ1n) is 9.58. The van der Waals surface area contributed by atoms with Crippen molar-refractivity contribution in [3.8, 4) is 17.0 Å². The number of aryl methyl sites for hydroxylation is 1. The van der Waals surface area contributed by atoms with E-state index >= 15 is 0 Å². The van der Waals surface area contributed by atoms with Gasteiger partial charge in [0.15, 0.2) is 23.0 Å². The minimum atomic E-state index is -5.13. The van der Waals surface area contributed by atoms with Gasteiger partial charge in [-0.05, 0) is 18.9 Å². The standard InChI is InChI=1S/C19H17F5N6O/c1-29-16-10(7-25-17(27-16)30-5-4-26-18(8-30)2-3-18)14(28-29)9-6-11(19(22,23)24)13(21)15(31)12(9)20/h6-7,26,31H,2-5,8H2,1H3. The summed E-state index contributed by atoms with van der Waals surface area (Å²) in [5, 5.41) is 17.4. The van der Waals surface area contributed by atoms with Crippen molar-refractivity contribution in [2.24, 2.45) is 7.05 Å². The minimum Gasteiger partial charge on any atom is -0.503 e. The Hall–Kier alpha value is -3.02. The van der Waals surface area contributed by atoms with Gasteiger partial charge >= 0.3 is 6.18 Å². The molecule has 1 saturated heterocycles. The lowest BCUT2D eigenvalue weighted by Gasteiger charge is -2.33. The first-order chi connectivity index (χ1) is 14.6. The van der Waals surface area contributed by atoms with Gasteiger partial charge in [0, 0.05) is 44.0 Å². The lowest BCUT2D eigenvalue weighted by molar-refractivity contribution is -0.140. The molecule has 2 aromatic heterocycles. The zero-order valence-electron chi connectivity index (χ0n) is 16.3. The molecule has 1 aliphatic heterocycles. The van der Waals surface area contributed by atoms with Crippen LogP contribution in [0.25, 0.3) is 22.3 Å². The topological polar surface area (TPSA) is 79.1 Å². The molecule has 12 heteroatoms. The summed E-state index contributed by atoms with van der Waals surface area (Å²) in [5.41, 5.74) is -2.33. The molecule has 1 aromatic carbocycles. The van der Waals surface area contributed by atoms with Gasteiger partial charge in [-0.15, -0.1) is 0 Å². The van der Waals surface area contributed by atoms with Crippen LogP contribution in [0.2, 0.25) is 0 Å². The SMILES string of the molecule is Cn1nc(-c2cc(C(F)(F)F)c(F)c(O)c2F)c2cnc(N3CCNC4(CC4)C3)nc21. The molecule has 1 spiro atoms. The molecule has 164 valence electrons. The number of fused-ring (bicyclic) bond motifs is 1. The van der Waals surface area contributed by atoms with Crippen molar-refractivity contribution in [2.45, 2.75) is 24.6 Å². The molecule has 5 rings (SSSR count). The van der Waals surface area contributed by atoms with Gasteiger partial charge in [0.2, 0.25) is 5.95 Å². The number of nitrogens with zero attached hydrogens (tertiary/aromatic N) is 5. The van der Waals surface area contributed by atoms with Crippen molar-refractivity contribution in [3.05, 3.63) is 29.5 Å². The maximum Gasteiger partial charge on any atom is 0.419 e. The predicted octanol–water partition coefficient (Wildman–Crippen LogP) is 2.98. The largest absolute Gasteiger partial charge is 0.503 e. The third-order valence-corrected chi connectivity index (χ3v) is 5.82. The van der Waals surface area contributed by atoms with E-state index in [1.54, 1.807) is 0 Å². The number of nitrogens with one attached hydrogen (secondary N) is 1. The van der Waals surface area contributed by atoms with Gasteiger partial charge in [-0.25, -0.2) is 18.4 Å². The van der Waals surface area contributed by atoms with E-state index in [1.165, 1.54) is 17.9 Å². The molecule has 0 unspecified atom stereocenters. The summed E-state index contributed by atoms with van der Waals surface area (Å²) in [6, 6.07) is 0.299. The number of hydrogen-bond donors (Lipinski definition) is 2. The molecule has 7 nitrogen and oxygen atoms in total. The zero-order valence-corrected chi connectivity index (χ0v) is 16.3. The van der Waals surface area contributed by atoms with E-state index in [-0.39, 0.29) is 22.3 Å². The number of phenols is 1. The van der Waals surface area contributed by atoms with Crippen LogP contribution in [0.3, 0.4) is 0 Å². The van der Waals surface area contributed by atoms with E-state index < -0.39 is 34.7 Å². The highest BCUT2D eigenvalue weighted by molar-refractivity contribution is 5.91. The van der Waals surface area contributed by atoms with Crippen molar-refractivity contribution in [3.63, 3.8) is 0 Å². The third kappa shape index (κ3) is 3.16. The summed E-state index contributed by atoms with van der Waals surface area (Å²) in [6.07, 6.45) is -1.64. The van der Waals surface area contributed by atoms with Gasteiger partial charge in [0.1, 0.15) is 5.69 Å². The average Bonchev–Trinajstić information content (AvgIpc) is 3.38. The van der Waals surface area contributed by atoms with Crippen LogP contribution in [0.5, 0.6) is 5.75 Å². The Morgan fingerprint density at radius 2 is 1.94 bits per heavy atom. The van der Waals surface area contributed by atoms with E-state index in [2.05, 4.69) is 20.4 Å². The molecular weight excluding hydrogens is 423 g/mol. The third-order valence-electron chi connectivity index (χ3n) is 5.82. The predicted molar refractivity (Wildman–Crippen MR) is 101 cm³/mol. The van der Waals surface area contributed by atoms with Crippen molar-refractivity contribution < 1.29 is 27.1 Å². The molecule has 0 atom stereocenters. The van der Waals surface area contributed by atoms with E-state index in [4.69, 9.17) is 0 Å². The number of aromatic nitrogens is 4. The lowest BCUT2D eigenvalue weighted by Crippen LogP contribution is -2.53. The number of rotatable bonds is 2. The van der Waals surface area contributed by atoms with Gasteiger partial charge < -0.3 is 15.3 Å². The van der Waals surface area contributed by atoms with E-state index in [0.717, 1.165) is 25.9 Å². The van der Waals surface area contributed by atoms with E-state index in [0.29, 0.717) is 18.6 Å². The number of alkyl halides is 3. The van der Waals surface area contributed by atoms with Crippen molar-refractivity contribution in [1.82, 2.24) is 25.1 Å². The molecule has 2 N–H and O–H groups in total. The fourth-order valence-corrected chi connectivity index (χ4v) is 3.99. The normalized spacial score (nSPS) is 18.2. The van der Waals surface area contributed by atoms with E-state index in [9.17, 15) is 27.1 Å². The number of piperazine rings is 1. The summed E-state index contributed by atoms with van der Waals surface area (Å²) in [4.78, 5) is 10.8. The van der Waals surface area contributed by atoms with Crippen LogP contribution in [0.1, 0.15) is 18.4 Å². The van der Waals surface area contributed by atoms with Gasteiger partial charge in [-0.2, -0.15) is 23.3 Å². The van der Waals surface area contributed by atoms with Crippen molar-refractivity contribution in [1.29, 1.82) is 0 Å². The van der Waals surface area contributed by atoms with Crippen LogP contribution in [0, 0.1) is 11.6 Å². The Bertz CT molecular complexity index is 1200. The van der Waals surface area contributed by atoms with Gasteiger partial charge in [0.05, 0.1) is 10.9 Å². The maximum atomic E-state index is 14.6. The fourth-order valence-electron chi connectivity index (χ4n) is 3.99. The van der Waals surface area contributed by atoms with Crippen LogP contribution in [0.4, 0.5) is 27.9 Å². The van der Waals surface area contributed by atoms with Crippen molar-refractivity contribution in [2.75, 3.05) is 24.5 Å². The first kappa shape index (κ1) is 19.9. The molecule has 1 aliphatic carbocycles. The Morgan fingerprint density at radius 1 is 1.19 bits per heavy atom. The summed E-state index contributed by atoms with van der Waals surface area (Å²) in [6.45, 7) is 2.20. The smallest absolute Gasteiger partial charge is 0.419 e. The molecule has 31 heavy (non-hydrogen) atoms. The second kappa shape index (κ2) is 6.49. The highest BCUT2D eigenvalue weighted by atomic mass is 19.4. The van der Waals surface area contributed by atoms with Crippen molar-refractivity contribution >= 4 is 17.0 Å². The summed E-state index contributed by atoms with van der Waals surface area (Å²) >= 11 is 0. The van der Waals surface area contributed by atoms with Gasteiger partial charge in [-0.3, -0.25) is 0 Å². The highest BCUT2D eigenvalue weighted by Crippen LogP contribution is 2.42. The van der Waals surface area contributed by atoms with Crippen LogP contribution in [-0.4, -0.2) is 50.0 Å². The number of phenolic OH excluding ortho intramolecular Hbond substituents is 1. The zero-order chi connectivity index (χ0) is 22.1. The molecule has 1 saturated carbocycles. The van der Waals surface area contributed by atoms with Gasteiger partial charge in [0.25, 0.3) is 0 Å². The minimum absolute atomic E-state index is 0.0803. The molecule has 2 fully saturated rings. The van der Waals surface area contributed by atoms with Crippen LogP contribution >= 0.6 is 0 Å². The number of aromatic hydroxyl groups is 1. The number of halogens is 5. The summed E-state index contributed by atoms with van der Waals surface area (Å²) in [5.74, 6) is -4.88. The van der Waals surface area contributed by atoms with E-state index in [1.807, 2.05) is 4.90 Å². The quantitative estimate of drug-likeness (QED) is 0.597. The molecular formula is C19H17F5N6O. The maximum absolute atomic E-state index is 14.6. The number of hydrogen-bond acceptors (Lipinski definition) is 6. The summed E-state index contributed by atoms with van der Waals surface area (Å²) in [7, 11) is 1.51. The Morgan fingerprint density at radius 3 is 2.61 bits per heavy atom. The summed E-state index contributed by atoms with van der Waals surface area (Å²) < 4.78 is 69.2. The first-order valence-corrected chi connectivity index (χ1v) is 9.58. The Labute approximate surface area is 172 Å². The second-order valence-corrected chi connectivity index (χ2v) is 7.95. The second-order valence-electron chi connectivity index (χ2n) is 7.95. The van der Waals surface area contributed by atoms with Crippen LogP contribution < -0.4 is 10.2 Å². The Balaban J connectivity index is 1.61. The molecule has 3 aromatic rings. The molecule has 0 amide bonds. The number of anilines is 1. The highest BCUT2D eigenvalue weighted by Gasteiger charge is 2.46. The Kier molecular flexibility index (Phi) is 4.17. The van der Waals surface area contributed by atoms with Gasteiger partial charge in [-0.1, -0.05) is 0 Å². The van der Waals surface area contributed by atoms with Crippen LogP contribution in [-0.2, 0) is 13.2 Å². The average molecular weight is 440 g/mol. The lowest BCUT2D eigenvalue weighted by atomic mass is 10.0. The molecule has 0 bridgehead atoms. The molecule has 3 heterocycles. The molecule has 0 radical (unpaired) electrons.